The van der Waals surface area contributed by atoms with E-state index in [9.17, 15) is 14.4 Å². The Balaban J connectivity index is 1.26. The van der Waals surface area contributed by atoms with E-state index in [2.05, 4.69) is 36.5 Å². The number of ether oxygens (including phenoxy) is 1. The van der Waals surface area contributed by atoms with Gasteiger partial charge >= 0.3 is 5.97 Å². The van der Waals surface area contributed by atoms with Crippen LogP contribution in [0.3, 0.4) is 0 Å². The summed E-state index contributed by atoms with van der Waals surface area (Å²) in [7, 11) is 1.38. The van der Waals surface area contributed by atoms with Crippen LogP contribution in [0.1, 0.15) is 58.3 Å². The first-order chi connectivity index (χ1) is 18.9. The molecule has 2 aliphatic carbocycles. The van der Waals surface area contributed by atoms with Crippen LogP contribution in [0.2, 0.25) is 0 Å². The van der Waals surface area contributed by atoms with Gasteiger partial charge in [-0.05, 0) is 76.6 Å². The van der Waals surface area contributed by atoms with Gasteiger partial charge in [-0.3, -0.25) is 9.59 Å². The Labute approximate surface area is 229 Å². The molecular weight excluding hydrogens is 488 g/mol. The van der Waals surface area contributed by atoms with E-state index in [0.29, 0.717) is 37.0 Å². The molecule has 0 saturated heterocycles. The summed E-state index contributed by atoms with van der Waals surface area (Å²) in [5, 5.41) is 3.18. The molecule has 0 radical (unpaired) electrons. The third-order valence-electron chi connectivity index (χ3n) is 8.65. The van der Waals surface area contributed by atoms with E-state index in [1.54, 1.807) is 6.07 Å². The Kier molecular flexibility index (Phi) is 6.71. The van der Waals surface area contributed by atoms with E-state index in [1.165, 1.54) is 18.2 Å². The van der Waals surface area contributed by atoms with Crippen molar-refractivity contribution >= 4 is 17.8 Å². The molecule has 0 aromatic heterocycles. The van der Waals surface area contributed by atoms with Crippen LogP contribution in [0, 0.1) is 17.8 Å². The van der Waals surface area contributed by atoms with Gasteiger partial charge in [-0.25, -0.2) is 4.79 Å². The Hall–Kier alpha value is -3.93. The number of methoxy groups -OCH3 is 1. The van der Waals surface area contributed by atoms with Crippen molar-refractivity contribution in [1.29, 1.82) is 0 Å². The molecule has 3 aliphatic rings. The van der Waals surface area contributed by atoms with Gasteiger partial charge in [0.25, 0.3) is 0 Å². The predicted molar refractivity (Wildman–Crippen MR) is 149 cm³/mol. The van der Waals surface area contributed by atoms with Crippen LogP contribution in [0.4, 0.5) is 0 Å². The van der Waals surface area contributed by atoms with Crippen LogP contribution < -0.4 is 5.32 Å². The lowest BCUT2D eigenvalue weighted by atomic mass is 9.87. The summed E-state index contributed by atoms with van der Waals surface area (Å²) in [5.74, 6) is 0.860. The van der Waals surface area contributed by atoms with Crippen LogP contribution in [0.5, 0.6) is 0 Å². The topological polar surface area (TPSA) is 75.7 Å². The fourth-order valence-corrected chi connectivity index (χ4v) is 6.06. The molecule has 4 unspecified atom stereocenters. The van der Waals surface area contributed by atoms with Crippen LogP contribution >= 0.6 is 0 Å². The molecule has 1 heterocycles. The zero-order chi connectivity index (χ0) is 27.1. The van der Waals surface area contributed by atoms with Crippen molar-refractivity contribution in [3.05, 3.63) is 94.5 Å². The summed E-state index contributed by atoms with van der Waals surface area (Å²) in [6.45, 7) is 3.79. The van der Waals surface area contributed by atoms with Crippen molar-refractivity contribution in [1.82, 2.24) is 10.2 Å². The number of esters is 1. The van der Waals surface area contributed by atoms with Gasteiger partial charge in [0.2, 0.25) is 11.8 Å². The minimum absolute atomic E-state index is 0.0120. The highest BCUT2D eigenvalue weighted by atomic mass is 16.5. The third kappa shape index (κ3) is 5.08. The van der Waals surface area contributed by atoms with Crippen LogP contribution in [-0.4, -0.2) is 36.3 Å². The van der Waals surface area contributed by atoms with Crippen LogP contribution in [0.15, 0.2) is 66.7 Å². The number of nitrogens with one attached hydrogen (secondary N) is 1. The first-order valence-electron chi connectivity index (χ1n) is 13.9. The summed E-state index contributed by atoms with van der Waals surface area (Å²) >= 11 is 0. The second-order valence-corrected chi connectivity index (χ2v) is 11.2. The highest BCUT2D eigenvalue weighted by Crippen LogP contribution is 2.47. The van der Waals surface area contributed by atoms with E-state index >= 15 is 0 Å². The maximum atomic E-state index is 13.1. The maximum absolute atomic E-state index is 13.1. The summed E-state index contributed by atoms with van der Waals surface area (Å²) in [6.07, 6.45) is 2.58. The lowest BCUT2D eigenvalue weighted by Crippen LogP contribution is -2.38. The van der Waals surface area contributed by atoms with Gasteiger partial charge in [0.1, 0.15) is 0 Å². The van der Waals surface area contributed by atoms with E-state index in [4.69, 9.17) is 4.74 Å². The molecule has 2 fully saturated rings. The first kappa shape index (κ1) is 25.4. The molecule has 3 aromatic carbocycles. The number of hydrogen-bond donors (Lipinski definition) is 1. The van der Waals surface area contributed by atoms with Crippen molar-refractivity contribution in [2.45, 2.75) is 45.2 Å². The van der Waals surface area contributed by atoms with Gasteiger partial charge in [0.15, 0.2) is 0 Å². The largest absolute Gasteiger partial charge is 0.465 e. The van der Waals surface area contributed by atoms with Crippen molar-refractivity contribution < 1.29 is 19.1 Å². The van der Waals surface area contributed by atoms with Gasteiger partial charge in [0.05, 0.1) is 12.7 Å². The molecule has 1 N–H and O–H groups in total. The van der Waals surface area contributed by atoms with Crippen molar-refractivity contribution in [2.75, 3.05) is 13.7 Å². The Morgan fingerprint density at radius 2 is 1.74 bits per heavy atom. The fourth-order valence-electron chi connectivity index (χ4n) is 6.06. The van der Waals surface area contributed by atoms with Crippen molar-refractivity contribution in [2.24, 2.45) is 17.8 Å². The Bertz CT molecular complexity index is 1430. The molecule has 2 amide bonds. The zero-order valence-corrected chi connectivity index (χ0v) is 22.5. The number of carbonyl (C=O) groups is 3. The molecule has 0 spiro atoms. The third-order valence-corrected chi connectivity index (χ3v) is 8.65. The van der Waals surface area contributed by atoms with Crippen molar-refractivity contribution in [3.63, 3.8) is 0 Å². The van der Waals surface area contributed by atoms with Crippen LogP contribution in [-0.2, 0) is 33.8 Å². The predicted octanol–water partition coefficient (Wildman–Crippen LogP) is 5.10. The standard InChI is InChI=1S/C33H34N2O4/c1-20-15-27(20)32(37)35-14-13-26-25(22-9-6-10-23(16-22)33(38)39-2)12-11-24(30(26)19-35)18-34-31(36)29-17-28(29)21-7-4-3-5-8-21/h3-12,16,20,27-29H,13-15,17-19H2,1-2H3,(H,34,36). The molecule has 3 aromatic rings. The summed E-state index contributed by atoms with van der Waals surface area (Å²) in [4.78, 5) is 40.3. The summed E-state index contributed by atoms with van der Waals surface area (Å²) in [6, 6.07) is 21.9. The molecule has 39 heavy (non-hydrogen) atoms. The SMILES string of the molecule is COC(=O)c1cccc(-c2ccc(CNC(=O)C3CC3c3ccccc3)c3c2CCN(C(=O)C2CC2C)C3)c1. The normalized spacial score (nSPS) is 23.0. The smallest absolute Gasteiger partial charge is 0.337 e. The molecule has 4 atom stereocenters. The molecule has 6 rings (SSSR count). The highest BCUT2D eigenvalue weighted by molar-refractivity contribution is 5.91. The van der Waals surface area contributed by atoms with E-state index in [1.807, 2.05) is 41.3 Å². The number of hydrogen-bond acceptors (Lipinski definition) is 4. The maximum Gasteiger partial charge on any atom is 0.337 e. The molecule has 200 valence electrons. The second kappa shape index (κ2) is 10.3. The number of amides is 2. The molecule has 0 bridgehead atoms. The fraction of sp³-hybridized carbons (Fsp3) is 0.364. The first-order valence-corrected chi connectivity index (χ1v) is 13.9. The van der Waals surface area contributed by atoms with Gasteiger partial charge in [0, 0.05) is 31.5 Å². The Morgan fingerprint density at radius 1 is 0.949 bits per heavy atom. The van der Waals surface area contributed by atoms with E-state index < -0.39 is 0 Å². The number of rotatable bonds is 7. The van der Waals surface area contributed by atoms with Gasteiger partial charge in [-0.1, -0.05) is 61.5 Å². The minimum atomic E-state index is -0.366. The highest BCUT2D eigenvalue weighted by Gasteiger charge is 2.44. The Morgan fingerprint density at radius 3 is 2.49 bits per heavy atom. The van der Waals surface area contributed by atoms with Crippen LogP contribution in [0.25, 0.3) is 11.1 Å². The van der Waals surface area contributed by atoms with Gasteiger partial charge in [-0.15, -0.1) is 0 Å². The van der Waals surface area contributed by atoms with E-state index in [-0.39, 0.29) is 29.6 Å². The number of carbonyl (C=O) groups excluding carboxylic acids is 3. The van der Waals surface area contributed by atoms with Crippen molar-refractivity contribution in [3.8, 4) is 11.1 Å². The molecular formula is C33H34N2O4. The zero-order valence-electron chi connectivity index (χ0n) is 22.5. The van der Waals surface area contributed by atoms with Gasteiger partial charge in [-0.2, -0.15) is 0 Å². The average Bonchev–Trinajstić information content (AvgIpc) is 3.91. The summed E-state index contributed by atoms with van der Waals surface area (Å²) < 4.78 is 4.93. The molecule has 1 aliphatic heterocycles. The van der Waals surface area contributed by atoms with E-state index in [0.717, 1.165) is 41.5 Å². The number of nitrogens with zero attached hydrogens (tertiary/aromatic N) is 1. The summed E-state index contributed by atoms with van der Waals surface area (Å²) in [5.41, 5.74) is 7.08. The average molecular weight is 523 g/mol. The lowest BCUT2D eigenvalue weighted by molar-refractivity contribution is -0.133. The quantitative estimate of drug-likeness (QED) is 0.438. The lowest BCUT2D eigenvalue weighted by Gasteiger charge is -2.32. The number of benzene rings is 3. The second-order valence-electron chi connectivity index (χ2n) is 11.2. The monoisotopic (exact) mass is 522 g/mol. The molecule has 2 saturated carbocycles. The minimum Gasteiger partial charge on any atom is -0.465 e. The number of fused-ring (bicyclic) bond motifs is 1. The van der Waals surface area contributed by atoms with Gasteiger partial charge < -0.3 is 15.0 Å². The molecule has 6 heteroatoms. The molecule has 6 nitrogen and oxygen atoms in total.